The van der Waals surface area contributed by atoms with Crippen LogP contribution >= 0.6 is 27.5 Å². The van der Waals surface area contributed by atoms with Gasteiger partial charge >= 0.3 is 6.18 Å². The zero-order valence-corrected chi connectivity index (χ0v) is 16.6. The number of allylic oxidation sites excluding steroid dienone is 2. The molecule has 0 aromatic heterocycles. The fraction of sp³-hybridized carbons (Fsp3) is 0.300. The van der Waals surface area contributed by atoms with Crippen LogP contribution in [-0.2, 0) is 6.18 Å². The van der Waals surface area contributed by atoms with Gasteiger partial charge in [0.25, 0.3) is 0 Å². The van der Waals surface area contributed by atoms with Gasteiger partial charge in [-0.3, -0.25) is 0 Å². The molecule has 2 aromatic rings. The first-order chi connectivity index (χ1) is 12.8. The molecule has 0 unspecified atom stereocenters. The van der Waals surface area contributed by atoms with Crippen molar-refractivity contribution in [2.24, 2.45) is 5.92 Å². The van der Waals surface area contributed by atoms with Crippen LogP contribution in [0.5, 0.6) is 5.75 Å². The van der Waals surface area contributed by atoms with Crippen molar-refractivity contribution in [3.05, 3.63) is 68.7 Å². The molecule has 2 aliphatic rings. The highest BCUT2D eigenvalue weighted by Crippen LogP contribution is 2.55. The number of benzene rings is 2. The van der Waals surface area contributed by atoms with Crippen molar-refractivity contribution in [3.63, 3.8) is 0 Å². The summed E-state index contributed by atoms with van der Waals surface area (Å²) in [6.45, 7) is 0. The van der Waals surface area contributed by atoms with Crippen LogP contribution < -0.4 is 10.1 Å². The molecule has 142 valence electrons. The number of alkyl halides is 3. The van der Waals surface area contributed by atoms with E-state index in [1.807, 2.05) is 30.4 Å². The minimum Gasteiger partial charge on any atom is -0.496 e. The highest BCUT2D eigenvalue weighted by Gasteiger charge is 2.45. The van der Waals surface area contributed by atoms with E-state index >= 15 is 0 Å². The van der Waals surface area contributed by atoms with Crippen molar-refractivity contribution in [1.82, 2.24) is 0 Å². The summed E-state index contributed by atoms with van der Waals surface area (Å²) in [5.74, 6) is 0.276. The molecule has 1 heterocycles. The highest BCUT2D eigenvalue weighted by molar-refractivity contribution is 9.10. The first-order valence-corrected chi connectivity index (χ1v) is 9.64. The van der Waals surface area contributed by atoms with Gasteiger partial charge < -0.3 is 10.1 Å². The van der Waals surface area contributed by atoms with Gasteiger partial charge in [-0.15, -0.1) is 0 Å². The lowest BCUT2D eigenvalue weighted by molar-refractivity contribution is -0.138. The van der Waals surface area contributed by atoms with Crippen LogP contribution in [0.1, 0.15) is 35.1 Å². The van der Waals surface area contributed by atoms with E-state index in [4.69, 9.17) is 16.3 Å². The maximum atomic E-state index is 13.6. The standard InChI is InChI=1S/C20H16BrClF3NO/c1-27-16-8-5-10(21)9-13(16)18-12-4-2-3-11(12)17-14(20(23,24)25)6-7-15(22)19(17)26-18/h2-3,5-9,11-12,18,26H,4H2,1H3/t11-,12-,18-/m1/s1. The maximum Gasteiger partial charge on any atom is 0.416 e. The van der Waals surface area contributed by atoms with Crippen LogP contribution in [0.25, 0.3) is 0 Å². The summed E-state index contributed by atoms with van der Waals surface area (Å²) in [6.07, 6.45) is 0.0664. The maximum absolute atomic E-state index is 13.6. The Bertz CT molecular complexity index is 928. The number of anilines is 1. The Morgan fingerprint density at radius 1 is 1.22 bits per heavy atom. The van der Waals surface area contributed by atoms with Crippen molar-refractivity contribution in [3.8, 4) is 5.75 Å². The molecule has 4 rings (SSSR count). The Morgan fingerprint density at radius 3 is 2.70 bits per heavy atom. The van der Waals surface area contributed by atoms with Crippen LogP contribution in [0.4, 0.5) is 18.9 Å². The number of fused-ring (bicyclic) bond motifs is 3. The van der Waals surface area contributed by atoms with E-state index in [0.717, 1.165) is 16.1 Å². The number of rotatable bonds is 2. The van der Waals surface area contributed by atoms with Gasteiger partial charge in [0, 0.05) is 16.0 Å². The second-order valence-electron chi connectivity index (χ2n) is 6.74. The van der Waals surface area contributed by atoms with Crippen molar-refractivity contribution in [1.29, 1.82) is 0 Å². The lowest BCUT2D eigenvalue weighted by atomic mass is 9.75. The first-order valence-electron chi connectivity index (χ1n) is 8.47. The molecule has 0 fully saturated rings. The smallest absolute Gasteiger partial charge is 0.416 e. The summed E-state index contributed by atoms with van der Waals surface area (Å²) in [6, 6.07) is 7.83. The Morgan fingerprint density at radius 2 is 2.00 bits per heavy atom. The summed E-state index contributed by atoms with van der Waals surface area (Å²) in [4.78, 5) is 0. The molecular weight excluding hydrogens is 443 g/mol. The van der Waals surface area contributed by atoms with Crippen molar-refractivity contribution < 1.29 is 17.9 Å². The quantitative estimate of drug-likeness (QED) is 0.491. The second kappa shape index (κ2) is 6.74. The number of halogens is 5. The number of hydrogen-bond donors (Lipinski definition) is 1. The average molecular weight is 459 g/mol. The van der Waals surface area contributed by atoms with Crippen molar-refractivity contribution in [2.45, 2.75) is 24.6 Å². The van der Waals surface area contributed by atoms with E-state index < -0.39 is 11.7 Å². The summed E-state index contributed by atoms with van der Waals surface area (Å²) in [5, 5.41) is 3.58. The molecule has 1 aliphatic carbocycles. The Kier molecular flexibility index (Phi) is 4.67. The number of hydrogen-bond acceptors (Lipinski definition) is 2. The van der Waals surface area contributed by atoms with Gasteiger partial charge in [0.15, 0.2) is 0 Å². The van der Waals surface area contributed by atoms with E-state index in [-0.39, 0.29) is 28.5 Å². The largest absolute Gasteiger partial charge is 0.496 e. The molecule has 0 saturated carbocycles. The predicted molar refractivity (Wildman–Crippen MR) is 103 cm³/mol. The third-order valence-electron chi connectivity index (χ3n) is 5.30. The summed E-state index contributed by atoms with van der Waals surface area (Å²) in [7, 11) is 1.59. The SMILES string of the molecule is COc1ccc(Br)cc1[C@@H]1Nc2c(Cl)ccc(C(F)(F)F)c2[C@@H]2C=CC[C@H]21. The molecule has 1 aliphatic heterocycles. The number of ether oxygens (including phenoxy) is 1. The summed E-state index contributed by atoms with van der Waals surface area (Å²) >= 11 is 9.79. The molecule has 0 amide bonds. The van der Waals surface area contributed by atoms with Crippen molar-refractivity contribution >= 4 is 33.2 Å². The molecule has 2 nitrogen and oxygen atoms in total. The van der Waals surface area contributed by atoms with Gasteiger partial charge in [0.05, 0.1) is 29.4 Å². The van der Waals surface area contributed by atoms with Gasteiger partial charge in [0.2, 0.25) is 0 Å². The highest BCUT2D eigenvalue weighted by atomic mass is 79.9. The summed E-state index contributed by atoms with van der Waals surface area (Å²) < 4.78 is 47.3. The van der Waals surface area contributed by atoms with Crippen LogP contribution in [0, 0.1) is 5.92 Å². The Hall–Kier alpha value is -1.66. The lowest BCUT2D eigenvalue weighted by Crippen LogP contribution is -2.31. The van der Waals surface area contributed by atoms with E-state index in [9.17, 15) is 13.2 Å². The van der Waals surface area contributed by atoms with E-state index in [2.05, 4.69) is 21.2 Å². The van der Waals surface area contributed by atoms with Gasteiger partial charge in [0.1, 0.15) is 5.75 Å². The second-order valence-corrected chi connectivity index (χ2v) is 8.07. The van der Waals surface area contributed by atoms with Crippen molar-refractivity contribution in [2.75, 3.05) is 12.4 Å². The fourth-order valence-corrected chi connectivity index (χ4v) is 4.78. The molecule has 27 heavy (non-hydrogen) atoms. The molecular formula is C20H16BrClF3NO. The van der Waals surface area contributed by atoms with Gasteiger partial charge in [-0.25, -0.2) is 0 Å². The first kappa shape index (κ1) is 18.7. The van der Waals surface area contributed by atoms with E-state index in [1.165, 1.54) is 6.07 Å². The van der Waals surface area contributed by atoms with Crippen LogP contribution in [-0.4, -0.2) is 7.11 Å². The van der Waals surface area contributed by atoms with Crippen LogP contribution in [0.3, 0.4) is 0 Å². The third-order valence-corrected chi connectivity index (χ3v) is 6.11. The monoisotopic (exact) mass is 457 g/mol. The minimum atomic E-state index is -4.43. The average Bonchev–Trinajstić information content (AvgIpc) is 3.10. The Balaban J connectivity index is 1.90. The zero-order valence-electron chi connectivity index (χ0n) is 14.3. The van der Waals surface area contributed by atoms with E-state index in [0.29, 0.717) is 17.9 Å². The van der Waals surface area contributed by atoms with Gasteiger partial charge in [-0.05, 0) is 48.2 Å². The summed E-state index contributed by atoms with van der Waals surface area (Å²) in [5.41, 5.74) is 0.852. The predicted octanol–water partition coefficient (Wildman–Crippen LogP) is 6.96. The minimum absolute atomic E-state index is 0.0553. The van der Waals surface area contributed by atoms with Crippen LogP contribution in [0.15, 0.2) is 47.0 Å². The van der Waals surface area contributed by atoms with E-state index in [1.54, 1.807) is 7.11 Å². The number of nitrogens with one attached hydrogen (secondary N) is 1. The molecule has 2 aromatic carbocycles. The molecule has 7 heteroatoms. The third kappa shape index (κ3) is 3.13. The molecule has 0 radical (unpaired) electrons. The lowest BCUT2D eigenvalue weighted by Gasteiger charge is -2.39. The van der Waals surface area contributed by atoms with Gasteiger partial charge in [-0.1, -0.05) is 39.7 Å². The Labute approximate surface area is 168 Å². The molecule has 3 atom stereocenters. The molecule has 0 bridgehead atoms. The molecule has 0 saturated heterocycles. The van der Waals surface area contributed by atoms with Gasteiger partial charge in [-0.2, -0.15) is 13.2 Å². The topological polar surface area (TPSA) is 21.3 Å². The zero-order chi connectivity index (χ0) is 19.3. The normalized spacial score (nSPS) is 23.6. The molecule has 0 spiro atoms. The molecule has 1 N–H and O–H groups in total. The number of methoxy groups -OCH3 is 1. The van der Waals surface area contributed by atoms with Crippen LogP contribution in [0.2, 0.25) is 5.02 Å². The fourth-order valence-electron chi connectivity index (χ4n) is 4.18.